The summed E-state index contributed by atoms with van der Waals surface area (Å²) in [6.07, 6.45) is -5.39. The number of imide groups is 1. The molecule has 5 atom stereocenters. The molecule has 1 saturated heterocycles. The molecule has 0 bridgehead atoms. The highest BCUT2D eigenvalue weighted by Gasteiger charge is 2.53. The summed E-state index contributed by atoms with van der Waals surface area (Å²) in [4.78, 5) is 26.6. The Morgan fingerprint density at radius 1 is 0.897 bits per heavy atom. The van der Waals surface area contributed by atoms with E-state index in [0.717, 1.165) is 10.5 Å². The van der Waals surface area contributed by atoms with Crippen LogP contribution < -0.4 is 0 Å². The first-order valence-electron chi connectivity index (χ1n) is 9.28. The predicted octanol–water partition coefficient (Wildman–Crippen LogP) is 0.307. The van der Waals surface area contributed by atoms with Gasteiger partial charge in [0, 0.05) is 0 Å². The fourth-order valence-electron chi connectivity index (χ4n) is 3.71. The number of hydrogen-bond acceptors (Lipinski definition) is 7. The zero-order chi connectivity index (χ0) is 20.5. The summed E-state index contributed by atoms with van der Waals surface area (Å²) in [5, 5.41) is 30.5. The summed E-state index contributed by atoms with van der Waals surface area (Å²) in [6, 6.07) is 14.2. The average Bonchev–Trinajstić information content (AvgIpc) is 3.00. The maximum absolute atomic E-state index is 12.9. The molecule has 8 nitrogen and oxygen atoms in total. The number of amides is 2. The molecule has 0 saturated carbocycles. The standard InChI is InChI=1S/C21H21NO7/c23-10-15-17(24)18(25)16(21(29-15)28-11-12-6-2-1-3-7-12)22-19(26)13-8-4-5-9-14(13)20(22)27/h1-9,15-18,21,23-25H,10-11H2/t15?,16?,17-,18-,21-/m1/s1. The number of nitrogens with zero attached hydrogens (tertiary/aromatic N) is 1. The smallest absolute Gasteiger partial charge is 0.262 e. The third-order valence-electron chi connectivity index (χ3n) is 5.23. The van der Waals surface area contributed by atoms with E-state index >= 15 is 0 Å². The molecule has 8 heteroatoms. The number of carbonyl (C=O) groups excluding carboxylic acids is 2. The predicted molar refractivity (Wildman–Crippen MR) is 99.7 cm³/mol. The number of carbonyl (C=O) groups is 2. The van der Waals surface area contributed by atoms with Crippen LogP contribution in [-0.4, -0.2) is 69.3 Å². The summed E-state index contributed by atoms with van der Waals surface area (Å²) in [5.74, 6) is -1.19. The van der Waals surface area contributed by atoms with E-state index < -0.39 is 49.1 Å². The Morgan fingerprint density at radius 3 is 2.07 bits per heavy atom. The Balaban J connectivity index is 1.64. The van der Waals surface area contributed by atoms with E-state index in [-0.39, 0.29) is 17.7 Å². The number of hydrogen-bond donors (Lipinski definition) is 3. The van der Waals surface area contributed by atoms with Gasteiger partial charge < -0.3 is 24.8 Å². The topological polar surface area (TPSA) is 117 Å². The first kappa shape index (κ1) is 19.7. The third-order valence-corrected chi connectivity index (χ3v) is 5.23. The third kappa shape index (κ3) is 3.45. The van der Waals surface area contributed by atoms with E-state index in [9.17, 15) is 24.9 Å². The Labute approximate surface area is 166 Å². The van der Waals surface area contributed by atoms with Crippen LogP contribution in [0, 0.1) is 0 Å². The monoisotopic (exact) mass is 399 g/mol. The number of aliphatic hydroxyl groups excluding tert-OH is 3. The molecule has 2 unspecified atom stereocenters. The Kier molecular flexibility index (Phi) is 5.44. The SMILES string of the molecule is O=C1c2ccccc2C(=O)N1C1[C@H](OCc2ccccc2)OC(CO)[C@@H](O)[C@@H]1O. The summed E-state index contributed by atoms with van der Waals surface area (Å²) < 4.78 is 11.4. The lowest BCUT2D eigenvalue weighted by Crippen LogP contribution is -2.65. The zero-order valence-electron chi connectivity index (χ0n) is 15.4. The first-order chi connectivity index (χ1) is 14.0. The van der Waals surface area contributed by atoms with Gasteiger partial charge in [-0.3, -0.25) is 14.5 Å². The Morgan fingerprint density at radius 2 is 1.48 bits per heavy atom. The van der Waals surface area contributed by atoms with Gasteiger partial charge in [0.1, 0.15) is 24.4 Å². The lowest BCUT2D eigenvalue weighted by molar-refractivity contribution is -0.282. The molecule has 2 heterocycles. The zero-order valence-corrected chi connectivity index (χ0v) is 15.4. The van der Waals surface area contributed by atoms with Crippen molar-refractivity contribution in [3.8, 4) is 0 Å². The van der Waals surface area contributed by atoms with Crippen LogP contribution in [0.1, 0.15) is 26.3 Å². The van der Waals surface area contributed by atoms with Crippen molar-refractivity contribution < 1.29 is 34.4 Å². The number of ether oxygens (including phenoxy) is 2. The highest BCUT2D eigenvalue weighted by Crippen LogP contribution is 2.32. The van der Waals surface area contributed by atoms with Crippen molar-refractivity contribution in [1.82, 2.24) is 4.90 Å². The van der Waals surface area contributed by atoms with Crippen LogP contribution >= 0.6 is 0 Å². The summed E-state index contributed by atoms with van der Waals surface area (Å²) >= 11 is 0. The normalized spacial score (nSPS) is 29.2. The fourth-order valence-corrected chi connectivity index (χ4v) is 3.71. The largest absolute Gasteiger partial charge is 0.394 e. The second kappa shape index (κ2) is 8.02. The van der Waals surface area contributed by atoms with Gasteiger partial charge in [-0.15, -0.1) is 0 Å². The molecule has 3 N–H and O–H groups in total. The van der Waals surface area contributed by atoms with Gasteiger partial charge in [-0.05, 0) is 17.7 Å². The van der Waals surface area contributed by atoms with Crippen molar-refractivity contribution >= 4 is 11.8 Å². The number of aliphatic hydroxyl groups is 3. The molecule has 2 aliphatic rings. The first-order valence-corrected chi connectivity index (χ1v) is 9.28. The molecule has 29 heavy (non-hydrogen) atoms. The van der Waals surface area contributed by atoms with Gasteiger partial charge in [0.15, 0.2) is 6.29 Å². The molecule has 0 spiro atoms. The van der Waals surface area contributed by atoms with Gasteiger partial charge in [0.05, 0.1) is 24.3 Å². The molecular weight excluding hydrogens is 378 g/mol. The van der Waals surface area contributed by atoms with E-state index in [0.29, 0.717) is 0 Å². The molecule has 0 radical (unpaired) electrons. The van der Waals surface area contributed by atoms with Crippen molar-refractivity contribution in [2.24, 2.45) is 0 Å². The number of rotatable bonds is 5. The number of fused-ring (bicyclic) bond motifs is 1. The van der Waals surface area contributed by atoms with E-state index in [2.05, 4.69) is 0 Å². The summed E-state index contributed by atoms with van der Waals surface area (Å²) in [5.41, 5.74) is 1.24. The molecule has 4 rings (SSSR count). The lowest BCUT2D eigenvalue weighted by Gasteiger charge is -2.44. The van der Waals surface area contributed by atoms with E-state index in [1.807, 2.05) is 30.3 Å². The molecule has 1 fully saturated rings. The van der Waals surface area contributed by atoms with Gasteiger partial charge >= 0.3 is 0 Å². The fraction of sp³-hybridized carbons (Fsp3) is 0.333. The molecule has 2 amide bonds. The molecule has 0 aliphatic carbocycles. The number of benzene rings is 2. The molecule has 2 aliphatic heterocycles. The van der Waals surface area contributed by atoms with Crippen molar-refractivity contribution in [3.05, 3.63) is 71.3 Å². The van der Waals surface area contributed by atoms with Gasteiger partial charge in [0.25, 0.3) is 11.8 Å². The average molecular weight is 399 g/mol. The van der Waals surface area contributed by atoms with Crippen LogP contribution in [-0.2, 0) is 16.1 Å². The van der Waals surface area contributed by atoms with Crippen LogP contribution in [0.3, 0.4) is 0 Å². The van der Waals surface area contributed by atoms with Gasteiger partial charge in [0.2, 0.25) is 0 Å². The van der Waals surface area contributed by atoms with Crippen molar-refractivity contribution in [2.45, 2.75) is 37.3 Å². The van der Waals surface area contributed by atoms with Crippen LogP contribution in [0.2, 0.25) is 0 Å². The summed E-state index contributed by atoms with van der Waals surface area (Å²) in [7, 11) is 0. The quantitative estimate of drug-likeness (QED) is 0.620. The molecule has 152 valence electrons. The van der Waals surface area contributed by atoms with Gasteiger partial charge in [-0.2, -0.15) is 0 Å². The Bertz CT molecular complexity index is 868. The summed E-state index contributed by atoms with van der Waals surface area (Å²) in [6.45, 7) is -0.468. The minimum absolute atomic E-state index is 0.0894. The van der Waals surface area contributed by atoms with Gasteiger partial charge in [-0.25, -0.2) is 0 Å². The molecule has 0 aromatic heterocycles. The Hall–Kier alpha value is -2.62. The van der Waals surface area contributed by atoms with E-state index in [4.69, 9.17) is 9.47 Å². The maximum atomic E-state index is 12.9. The molecular formula is C21H21NO7. The molecule has 2 aromatic carbocycles. The second-order valence-electron chi connectivity index (χ2n) is 7.02. The van der Waals surface area contributed by atoms with Crippen molar-refractivity contribution in [2.75, 3.05) is 6.61 Å². The van der Waals surface area contributed by atoms with E-state index in [1.54, 1.807) is 12.1 Å². The van der Waals surface area contributed by atoms with Gasteiger partial charge in [-0.1, -0.05) is 42.5 Å². The highest BCUT2D eigenvalue weighted by atomic mass is 16.7. The maximum Gasteiger partial charge on any atom is 0.262 e. The minimum atomic E-state index is -1.55. The van der Waals surface area contributed by atoms with Crippen LogP contribution in [0.25, 0.3) is 0 Å². The lowest BCUT2D eigenvalue weighted by atomic mass is 9.95. The minimum Gasteiger partial charge on any atom is -0.394 e. The second-order valence-corrected chi connectivity index (χ2v) is 7.02. The van der Waals surface area contributed by atoms with Crippen molar-refractivity contribution in [3.63, 3.8) is 0 Å². The van der Waals surface area contributed by atoms with Crippen LogP contribution in [0.15, 0.2) is 54.6 Å². The van der Waals surface area contributed by atoms with Crippen LogP contribution in [0.5, 0.6) is 0 Å². The van der Waals surface area contributed by atoms with E-state index in [1.165, 1.54) is 12.1 Å². The highest BCUT2D eigenvalue weighted by molar-refractivity contribution is 6.21. The molecule has 2 aromatic rings. The van der Waals surface area contributed by atoms with Crippen molar-refractivity contribution in [1.29, 1.82) is 0 Å². The van der Waals surface area contributed by atoms with Crippen LogP contribution in [0.4, 0.5) is 0 Å².